The van der Waals surface area contributed by atoms with Gasteiger partial charge in [-0.1, -0.05) is 223 Å². The van der Waals surface area contributed by atoms with Gasteiger partial charge in [-0.25, -0.2) is 0 Å². The predicted molar refractivity (Wildman–Crippen MR) is 245 cm³/mol. The topological polar surface area (TPSA) is 95.9 Å². The van der Waals surface area contributed by atoms with Crippen LogP contribution < -0.4 is 5.32 Å². The van der Waals surface area contributed by atoms with Crippen molar-refractivity contribution in [2.45, 2.75) is 244 Å². The first-order chi connectivity index (χ1) is 28.0. The van der Waals surface area contributed by atoms with E-state index in [4.69, 9.17) is 4.74 Å². The maximum Gasteiger partial charge on any atom is 0.306 e. The zero-order chi connectivity index (χ0) is 41.7. The van der Waals surface area contributed by atoms with Crippen LogP contribution in [0.15, 0.2) is 60.8 Å². The molecule has 0 aliphatic heterocycles. The van der Waals surface area contributed by atoms with E-state index >= 15 is 0 Å². The average molecular weight is 798 g/mol. The smallest absolute Gasteiger partial charge is 0.306 e. The Kier molecular flexibility index (Phi) is 42.7. The number of hydrogen-bond acceptors (Lipinski definition) is 5. The monoisotopic (exact) mass is 798 g/mol. The quantitative estimate of drug-likeness (QED) is 0.0325. The lowest BCUT2D eigenvalue weighted by Crippen LogP contribution is -2.46. The van der Waals surface area contributed by atoms with Gasteiger partial charge in [0, 0.05) is 12.8 Å². The molecule has 1 amide bonds. The zero-order valence-corrected chi connectivity index (χ0v) is 37.5. The van der Waals surface area contributed by atoms with Crippen molar-refractivity contribution >= 4 is 11.9 Å². The van der Waals surface area contributed by atoms with Gasteiger partial charge in [-0.2, -0.15) is 0 Å². The van der Waals surface area contributed by atoms with Gasteiger partial charge in [0.2, 0.25) is 5.91 Å². The summed E-state index contributed by atoms with van der Waals surface area (Å²) in [6.07, 6.45) is 54.4. The summed E-state index contributed by atoms with van der Waals surface area (Å²) in [4.78, 5) is 26.0. The molecule has 57 heavy (non-hydrogen) atoms. The van der Waals surface area contributed by atoms with Crippen molar-refractivity contribution in [2.75, 3.05) is 6.61 Å². The molecule has 3 atom stereocenters. The number of amides is 1. The second kappa shape index (κ2) is 44.7. The summed E-state index contributed by atoms with van der Waals surface area (Å²) < 4.78 is 5.85. The van der Waals surface area contributed by atoms with Crippen LogP contribution in [0.5, 0.6) is 0 Å². The minimum absolute atomic E-state index is 0.000130. The van der Waals surface area contributed by atoms with E-state index in [2.05, 4.69) is 74.7 Å². The van der Waals surface area contributed by atoms with Crippen molar-refractivity contribution < 1.29 is 24.5 Å². The third-order valence-electron chi connectivity index (χ3n) is 10.6. The summed E-state index contributed by atoms with van der Waals surface area (Å²) >= 11 is 0. The van der Waals surface area contributed by atoms with Crippen LogP contribution in [0.25, 0.3) is 0 Å². The minimum atomic E-state index is -0.810. The number of esters is 1. The molecule has 0 radical (unpaired) electrons. The van der Waals surface area contributed by atoms with Crippen LogP contribution in [-0.4, -0.2) is 46.9 Å². The van der Waals surface area contributed by atoms with Gasteiger partial charge in [0.05, 0.1) is 25.2 Å². The van der Waals surface area contributed by atoms with Crippen LogP contribution in [0.2, 0.25) is 0 Å². The lowest BCUT2D eigenvalue weighted by molar-refractivity contribution is -0.150. The van der Waals surface area contributed by atoms with Crippen molar-refractivity contribution in [3.63, 3.8) is 0 Å². The fraction of sp³-hybridized carbons (Fsp3) is 0.765. The van der Waals surface area contributed by atoms with Gasteiger partial charge in [-0.3, -0.25) is 9.59 Å². The number of aliphatic hydroxyl groups is 2. The first-order valence-corrected chi connectivity index (χ1v) is 24.0. The second-order valence-corrected chi connectivity index (χ2v) is 16.1. The molecule has 0 saturated carbocycles. The molecule has 0 fully saturated rings. The number of hydrogen-bond donors (Lipinski definition) is 3. The van der Waals surface area contributed by atoms with Gasteiger partial charge < -0.3 is 20.3 Å². The summed E-state index contributed by atoms with van der Waals surface area (Å²) in [6, 6.07) is -0.730. The Morgan fingerprint density at radius 1 is 0.526 bits per heavy atom. The number of carbonyl (C=O) groups excluding carboxylic acids is 2. The molecule has 0 aromatic rings. The Morgan fingerprint density at radius 2 is 0.912 bits per heavy atom. The number of nitrogens with one attached hydrogen (secondary N) is 1. The summed E-state index contributed by atoms with van der Waals surface area (Å²) in [5, 5.41) is 23.6. The Labute approximate surface area is 352 Å². The molecule has 3 N–H and O–H groups in total. The molecule has 3 unspecified atom stereocenters. The molecule has 6 nitrogen and oxygen atoms in total. The Bertz CT molecular complexity index is 1030. The van der Waals surface area contributed by atoms with E-state index in [1.165, 1.54) is 109 Å². The maximum absolute atomic E-state index is 13.1. The van der Waals surface area contributed by atoms with Crippen LogP contribution in [0.4, 0.5) is 0 Å². The summed E-state index contributed by atoms with van der Waals surface area (Å²) in [5.41, 5.74) is 0. The van der Waals surface area contributed by atoms with Crippen molar-refractivity contribution in [1.82, 2.24) is 5.32 Å². The van der Waals surface area contributed by atoms with Crippen LogP contribution in [0, 0.1) is 0 Å². The number of ether oxygens (including phenoxy) is 1. The number of allylic oxidation sites excluding steroid dienone is 9. The highest BCUT2D eigenvalue weighted by Gasteiger charge is 2.23. The Balaban J connectivity index is 4.75. The first kappa shape index (κ1) is 54.6. The van der Waals surface area contributed by atoms with E-state index in [9.17, 15) is 19.8 Å². The van der Waals surface area contributed by atoms with Crippen LogP contribution in [0.1, 0.15) is 226 Å². The summed E-state index contributed by atoms with van der Waals surface area (Å²) in [5.74, 6) is -0.579. The van der Waals surface area contributed by atoms with E-state index in [-0.39, 0.29) is 24.9 Å². The number of unbranched alkanes of at least 4 members (excludes halogenated alkanes) is 21. The summed E-state index contributed by atoms with van der Waals surface area (Å²) in [7, 11) is 0. The summed E-state index contributed by atoms with van der Waals surface area (Å²) in [6.45, 7) is 6.32. The normalized spacial score (nSPS) is 13.8. The molecule has 330 valence electrons. The fourth-order valence-electron chi connectivity index (χ4n) is 6.98. The lowest BCUT2D eigenvalue weighted by Gasteiger charge is -2.24. The first-order valence-electron chi connectivity index (χ1n) is 24.0. The van der Waals surface area contributed by atoms with E-state index in [1.54, 1.807) is 0 Å². The molecule has 0 aromatic carbocycles. The van der Waals surface area contributed by atoms with Gasteiger partial charge in [-0.15, -0.1) is 0 Å². The van der Waals surface area contributed by atoms with E-state index in [0.29, 0.717) is 19.3 Å². The molecule has 6 heteroatoms. The number of rotatable bonds is 42. The van der Waals surface area contributed by atoms with Crippen LogP contribution in [0.3, 0.4) is 0 Å². The molecule has 0 spiro atoms. The van der Waals surface area contributed by atoms with Gasteiger partial charge in [0.15, 0.2) is 0 Å². The third kappa shape index (κ3) is 40.1. The largest absolute Gasteiger partial charge is 0.461 e. The lowest BCUT2D eigenvalue weighted by atomic mass is 10.0. The maximum atomic E-state index is 13.1. The minimum Gasteiger partial charge on any atom is -0.461 e. The highest BCUT2D eigenvalue weighted by atomic mass is 16.5. The average Bonchev–Trinajstić information content (AvgIpc) is 3.20. The van der Waals surface area contributed by atoms with E-state index in [1.807, 2.05) is 12.2 Å². The Hall–Kier alpha value is -2.44. The zero-order valence-electron chi connectivity index (χ0n) is 37.5. The van der Waals surface area contributed by atoms with E-state index in [0.717, 1.165) is 70.6 Å². The van der Waals surface area contributed by atoms with Crippen molar-refractivity contribution in [3.8, 4) is 0 Å². The SMILES string of the molecule is CC/C=C\C/C=C\C/C=C\C/C=C\C/C=C\CC(CC(=O)NC(CO)C(O)CCCCCCCCCCCC)OC(=O)CCCCCCCCCCCCCCC. The third-order valence-corrected chi connectivity index (χ3v) is 10.6. The molecule has 0 saturated heterocycles. The molecule has 0 aliphatic carbocycles. The highest BCUT2D eigenvalue weighted by molar-refractivity contribution is 5.77. The predicted octanol–water partition coefficient (Wildman–Crippen LogP) is 14.1. The standard InChI is InChI=1S/C51H91NO5/c1-4-7-10-13-16-19-22-24-25-27-28-30-33-36-39-42-47(57-51(56)44-41-38-35-32-29-26-23-20-17-14-11-8-5-2)45-50(55)52-48(46-53)49(54)43-40-37-34-31-21-18-15-12-9-6-3/h7,10,16,19,24-25,28,30,36,39,47-49,53-54H,4-6,8-9,11-15,17-18,20-23,26-27,29,31-35,37-38,40-46H2,1-3H3,(H,52,55)/b10-7-,19-16-,25-24-,30-28-,39-36-. The number of aliphatic hydroxyl groups excluding tert-OH is 2. The molecule has 0 bridgehead atoms. The van der Waals surface area contributed by atoms with Crippen molar-refractivity contribution in [3.05, 3.63) is 60.8 Å². The molecule has 0 heterocycles. The number of carbonyl (C=O) groups is 2. The molecule has 0 aromatic heterocycles. The molecular weight excluding hydrogens is 707 g/mol. The molecular formula is C51H91NO5. The van der Waals surface area contributed by atoms with Crippen LogP contribution >= 0.6 is 0 Å². The Morgan fingerprint density at radius 3 is 1.33 bits per heavy atom. The molecule has 0 rings (SSSR count). The van der Waals surface area contributed by atoms with Gasteiger partial charge >= 0.3 is 5.97 Å². The van der Waals surface area contributed by atoms with Gasteiger partial charge in [-0.05, 0) is 44.9 Å². The molecule has 0 aliphatic rings. The van der Waals surface area contributed by atoms with Crippen molar-refractivity contribution in [2.24, 2.45) is 0 Å². The van der Waals surface area contributed by atoms with Gasteiger partial charge in [0.25, 0.3) is 0 Å². The second-order valence-electron chi connectivity index (χ2n) is 16.1. The van der Waals surface area contributed by atoms with Crippen molar-refractivity contribution in [1.29, 1.82) is 0 Å². The fourth-order valence-corrected chi connectivity index (χ4v) is 6.98. The van der Waals surface area contributed by atoms with E-state index < -0.39 is 18.2 Å². The van der Waals surface area contributed by atoms with Crippen LogP contribution in [-0.2, 0) is 14.3 Å². The highest BCUT2D eigenvalue weighted by Crippen LogP contribution is 2.16. The van der Waals surface area contributed by atoms with Gasteiger partial charge in [0.1, 0.15) is 6.10 Å².